The average Bonchev–Trinajstić information content (AvgIpc) is 0.918. The first-order valence-electron chi connectivity index (χ1n) is 0.494. The fourth-order valence-corrected chi connectivity index (χ4v) is 0. The molecule has 0 aromatic heterocycles. The summed E-state index contributed by atoms with van der Waals surface area (Å²) in [6, 6.07) is 0. The fraction of sp³-hybridized carbons (Fsp3) is 0. The van der Waals surface area contributed by atoms with Crippen LogP contribution in [0.4, 0.5) is 0 Å². The Bertz CT molecular complexity index is 28.3. The van der Waals surface area contributed by atoms with Gasteiger partial charge in [-0.1, -0.05) is 0 Å². The third-order valence-electron chi connectivity index (χ3n) is 0. The topological polar surface area (TPSA) is 37.3 Å². The predicted molar refractivity (Wildman–Crippen MR) is 32.6 cm³/mol. The van der Waals surface area contributed by atoms with Crippen molar-refractivity contribution in [1.82, 2.24) is 0 Å². The zero-order valence-electron chi connectivity index (χ0n) is 9.55. The van der Waals surface area contributed by atoms with Crippen LogP contribution < -0.4 is 0 Å². The summed E-state index contributed by atoms with van der Waals surface area (Å²) in [5.41, 5.74) is 0. The molecule has 0 unspecified atom stereocenters. The molecular weight excluding hydrogens is 179 g/mol. The third-order valence-corrected chi connectivity index (χ3v) is 0. The van der Waals surface area contributed by atoms with Crippen LogP contribution in [0.1, 0.15) is 8.56 Å². The van der Waals surface area contributed by atoms with Gasteiger partial charge in [-0.05, 0) is 0 Å². The van der Waals surface area contributed by atoms with Crippen LogP contribution in [0.5, 0.6) is 0 Å². The van der Waals surface area contributed by atoms with Crippen molar-refractivity contribution in [3.05, 3.63) is 0 Å². The Hall–Kier alpha value is 3.91. The molecule has 0 aliphatic rings. The van der Waals surface area contributed by atoms with Crippen LogP contribution in [-0.2, 0) is 3.80 Å². The van der Waals surface area contributed by atoms with Crippen molar-refractivity contribution in [3.63, 3.8) is 0 Å². The Morgan fingerprint density at radius 2 is 1.33 bits per heavy atom. The van der Waals surface area contributed by atoms with E-state index in [1.165, 1.54) is 0 Å². The van der Waals surface area contributed by atoms with Crippen molar-refractivity contribution in [2.45, 2.75) is 0 Å². The number of rotatable bonds is 0. The SMILES string of the molecule is [Ca+2].[Ca+2].[Ca+2].[H-].[H-].[H-].[H-].[H-].[H-].[O]=[Al][OH]. The summed E-state index contributed by atoms with van der Waals surface area (Å²) in [6.07, 6.45) is 0. The van der Waals surface area contributed by atoms with E-state index in [4.69, 9.17) is 7.96 Å². The van der Waals surface area contributed by atoms with Gasteiger partial charge in [0.2, 0.25) is 0 Å². The van der Waals surface area contributed by atoms with E-state index in [1.807, 2.05) is 0 Å². The second-order valence-corrected chi connectivity index (χ2v) is 0.316. The van der Waals surface area contributed by atoms with E-state index in [2.05, 4.69) is 0 Å². The Balaban J connectivity index is -0.000000000556. The molecule has 0 saturated heterocycles. The van der Waals surface area contributed by atoms with Crippen molar-refractivity contribution < 1.29 is 16.5 Å². The van der Waals surface area contributed by atoms with Gasteiger partial charge in [-0.2, -0.15) is 0 Å². The van der Waals surface area contributed by atoms with E-state index in [0.29, 0.717) is 0 Å². The first-order chi connectivity index (χ1) is 1.41. The molecule has 0 aliphatic carbocycles. The molecule has 6 heavy (non-hydrogen) atoms. The second-order valence-electron chi connectivity index (χ2n) is 0.105. The molecule has 0 fully saturated rings. The molecule has 0 aromatic rings. The van der Waals surface area contributed by atoms with Gasteiger partial charge in [0.15, 0.2) is 0 Å². The zero-order valence-corrected chi connectivity index (χ0v) is 11.3. The molecule has 0 atom stereocenters. The molecule has 0 heterocycles. The summed E-state index contributed by atoms with van der Waals surface area (Å²) in [6.45, 7) is 0. The van der Waals surface area contributed by atoms with Crippen LogP contribution in [-0.4, -0.2) is 133 Å². The molecule has 0 saturated carbocycles. The van der Waals surface area contributed by atoms with Crippen LogP contribution >= 0.6 is 0 Å². The van der Waals surface area contributed by atoms with Crippen LogP contribution in [0, 0.1) is 0 Å². The monoisotopic (exact) mass is 186 g/mol. The Morgan fingerprint density at radius 3 is 1.33 bits per heavy atom. The van der Waals surface area contributed by atoms with Gasteiger partial charge in [0, 0.05) is 0 Å². The van der Waals surface area contributed by atoms with Crippen molar-refractivity contribution >= 4 is 129 Å². The van der Waals surface area contributed by atoms with Gasteiger partial charge < -0.3 is 8.56 Å². The zero-order chi connectivity index (χ0) is 2.71. The summed E-state index contributed by atoms with van der Waals surface area (Å²) in [7, 11) is 0. The van der Waals surface area contributed by atoms with Crippen molar-refractivity contribution in [3.8, 4) is 0 Å². The van der Waals surface area contributed by atoms with E-state index in [1.54, 1.807) is 0 Å². The number of hydrogen-bond acceptors (Lipinski definition) is 1. The maximum absolute atomic E-state index is 8.57. The molecule has 2 nitrogen and oxygen atoms in total. The van der Waals surface area contributed by atoms with Crippen LogP contribution in [0.2, 0.25) is 0 Å². The van der Waals surface area contributed by atoms with Crippen molar-refractivity contribution in [1.29, 1.82) is 0 Å². The van der Waals surface area contributed by atoms with Gasteiger partial charge in [-0.25, -0.2) is 0 Å². The molecule has 0 radical (unpaired) electrons. The normalized spacial score (nSPS) is 1.33. The Morgan fingerprint density at radius 1 is 1.33 bits per heavy atom. The summed E-state index contributed by atoms with van der Waals surface area (Å²) in [5, 5.41) is 0. The fourth-order valence-electron chi connectivity index (χ4n) is 0. The van der Waals surface area contributed by atoms with E-state index in [0.717, 1.165) is 0 Å². The molecule has 6 heteroatoms. The van der Waals surface area contributed by atoms with Gasteiger partial charge in [0.1, 0.15) is 0 Å². The molecule has 28 valence electrons. The van der Waals surface area contributed by atoms with E-state index < -0.39 is 15.5 Å². The van der Waals surface area contributed by atoms with Gasteiger partial charge >= 0.3 is 137 Å². The predicted octanol–water partition coefficient (Wildman–Crippen LogP) is -1.52. The van der Waals surface area contributed by atoms with Gasteiger partial charge in [0.25, 0.3) is 0 Å². The Labute approximate surface area is 142 Å². The van der Waals surface area contributed by atoms with E-state index in [-0.39, 0.29) is 122 Å². The standard InChI is InChI=1S/Al.3Ca.H2O.O.6H/h;;;;1H2;;;;;;;/q+1;3*+2;;;6*-1/p-1. The summed E-state index contributed by atoms with van der Waals surface area (Å²) < 4.78 is 15.7. The minimum atomic E-state index is -1.50. The van der Waals surface area contributed by atoms with Gasteiger partial charge in [-0.3, -0.25) is 0 Å². The third kappa shape index (κ3) is 24.7. The molecule has 0 aromatic carbocycles. The molecule has 0 bridgehead atoms. The molecule has 0 spiro atoms. The molecule has 0 aliphatic heterocycles. The van der Waals surface area contributed by atoms with Crippen LogP contribution in [0.3, 0.4) is 0 Å². The average molecular weight is 186 g/mol. The van der Waals surface area contributed by atoms with Crippen molar-refractivity contribution in [2.24, 2.45) is 0 Å². The van der Waals surface area contributed by atoms with E-state index >= 15 is 0 Å². The molecular formula is H7AlCa3O2. The second kappa shape index (κ2) is 23.1. The summed E-state index contributed by atoms with van der Waals surface area (Å²) >= 11 is -1.50. The van der Waals surface area contributed by atoms with Crippen LogP contribution in [0.15, 0.2) is 0 Å². The van der Waals surface area contributed by atoms with E-state index in [9.17, 15) is 0 Å². The summed E-state index contributed by atoms with van der Waals surface area (Å²) in [4.78, 5) is 0. The first-order valence-corrected chi connectivity index (χ1v) is 1.48. The first kappa shape index (κ1) is 22.5. The Kier molecular flexibility index (Phi) is 86.8. The molecule has 0 amide bonds. The maximum atomic E-state index is 8.57. The number of hydrogen-bond donors (Lipinski definition) is 1. The quantitative estimate of drug-likeness (QED) is 0.466. The van der Waals surface area contributed by atoms with Crippen LogP contribution in [0.25, 0.3) is 0 Å². The molecule has 1 N–H and O–H groups in total. The van der Waals surface area contributed by atoms with Gasteiger partial charge in [0.05, 0.1) is 0 Å². The minimum absolute atomic E-state index is 0. The molecule has 0 rings (SSSR count). The van der Waals surface area contributed by atoms with Gasteiger partial charge in [-0.15, -0.1) is 0 Å². The van der Waals surface area contributed by atoms with Crippen molar-refractivity contribution in [2.75, 3.05) is 0 Å². The summed E-state index contributed by atoms with van der Waals surface area (Å²) in [5.74, 6) is 0.